The molecule has 0 fully saturated rings. The van der Waals surface area contributed by atoms with Crippen molar-refractivity contribution in [1.29, 1.82) is 0 Å². The molecular weight excluding hydrogens is 414 g/mol. The van der Waals surface area contributed by atoms with Crippen molar-refractivity contribution in [2.24, 2.45) is 0 Å². The van der Waals surface area contributed by atoms with Gasteiger partial charge in [0, 0.05) is 53.8 Å². The van der Waals surface area contributed by atoms with E-state index in [-0.39, 0.29) is 29.8 Å². The van der Waals surface area contributed by atoms with Crippen molar-refractivity contribution < 1.29 is 9.59 Å². The molecule has 0 aromatic carbocycles. The van der Waals surface area contributed by atoms with Gasteiger partial charge in [-0.3, -0.25) is 24.5 Å². The lowest BCUT2D eigenvalue weighted by atomic mass is 10.1. The van der Waals surface area contributed by atoms with Crippen LogP contribution in [-0.4, -0.2) is 31.2 Å². The third-order valence-electron chi connectivity index (χ3n) is 4.84. The maximum atomic E-state index is 13.2. The summed E-state index contributed by atoms with van der Waals surface area (Å²) < 4.78 is 2.04. The molecule has 31 heavy (non-hydrogen) atoms. The van der Waals surface area contributed by atoms with Gasteiger partial charge in [-0.25, -0.2) is 0 Å². The number of fused-ring (bicyclic) bond motifs is 1. The molecule has 0 atom stereocenters. The van der Waals surface area contributed by atoms with Gasteiger partial charge in [0.15, 0.2) is 0 Å². The Morgan fingerprint density at radius 1 is 1.10 bits per heavy atom. The molecule has 0 radical (unpaired) electrons. The Kier molecular flexibility index (Phi) is 5.77. The van der Waals surface area contributed by atoms with Gasteiger partial charge in [-0.1, -0.05) is 11.6 Å². The van der Waals surface area contributed by atoms with Crippen molar-refractivity contribution in [3.05, 3.63) is 83.3 Å². The third-order valence-corrected chi connectivity index (χ3v) is 5.07. The molecule has 0 spiro atoms. The van der Waals surface area contributed by atoms with Crippen LogP contribution < -0.4 is 5.32 Å². The monoisotopic (exact) mass is 433 g/mol. The average molecular weight is 434 g/mol. The maximum Gasteiger partial charge on any atom is 0.230 e. The van der Waals surface area contributed by atoms with Crippen LogP contribution in [0.3, 0.4) is 0 Å². The van der Waals surface area contributed by atoms with Crippen molar-refractivity contribution in [1.82, 2.24) is 19.5 Å². The van der Waals surface area contributed by atoms with E-state index in [0.717, 1.165) is 10.9 Å². The summed E-state index contributed by atoms with van der Waals surface area (Å²) in [5.74, 6) is -0.479. The zero-order valence-corrected chi connectivity index (χ0v) is 17.8. The Hall–Kier alpha value is -3.58. The number of nitrogens with one attached hydrogen (secondary N) is 1. The molecular formula is C23H20ClN5O2. The van der Waals surface area contributed by atoms with E-state index < -0.39 is 0 Å². The highest BCUT2D eigenvalue weighted by Crippen LogP contribution is 2.26. The van der Waals surface area contributed by atoms with Gasteiger partial charge in [0.05, 0.1) is 22.5 Å². The van der Waals surface area contributed by atoms with Gasteiger partial charge in [0.2, 0.25) is 11.7 Å². The number of aromatic nitrogens is 4. The molecule has 0 unspecified atom stereocenters. The summed E-state index contributed by atoms with van der Waals surface area (Å²) in [5.41, 5.74) is 2.80. The fourth-order valence-electron chi connectivity index (χ4n) is 3.36. The summed E-state index contributed by atoms with van der Waals surface area (Å²) in [7, 11) is 0. The SMILES string of the molecule is CC(C)n1cc(C(=O)c2cc(NC(=O)Cc3ccc(Cl)cn3)ccn2)c2cnccc21. The summed E-state index contributed by atoms with van der Waals surface area (Å²) in [6.45, 7) is 4.11. The van der Waals surface area contributed by atoms with Crippen LogP contribution in [0.2, 0.25) is 5.02 Å². The van der Waals surface area contributed by atoms with Gasteiger partial charge in [-0.15, -0.1) is 0 Å². The molecule has 4 aromatic heterocycles. The Morgan fingerprint density at radius 3 is 2.68 bits per heavy atom. The molecule has 0 aliphatic rings. The second kappa shape index (κ2) is 8.65. The quantitative estimate of drug-likeness (QED) is 0.453. The summed E-state index contributed by atoms with van der Waals surface area (Å²) in [6, 6.07) is 8.67. The molecule has 156 valence electrons. The second-order valence-corrected chi connectivity index (χ2v) is 7.82. The largest absolute Gasteiger partial charge is 0.344 e. The minimum absolute atomic E-state index is 0.0936. The van der Waals surface area contributed by atoms with E-state index in [1.807, 2.05) is 16.8 Å². The number of pyridine rings is 3. The first-order valence-electron chi connectivity index (χ1n) is 9.78. The zero-order valence-electron chi connectivity index (χ0n) is 17.0. The first-order chi connectivity index (χ1) is 14.9. The third kappa shape index (κ3) is 4.46. The van der Waals surface area contributed by atoms with E-state index in [2.05, 4.69) is 34.1 Å². The number of carbonyl (C=O) groups excluding carboxylic acids is 2. The Bertz CT molecular complexity index is 1260. The van der Waals surface area contributed by atoms with Gasteiger partial charge in [0.1, 0.15) is 5.69 Å². The van der Waals surface area contributed by atoms with Gasteiger partial charge in [0.25, 0.3) is 0 Å². The second-order valence-electron chi connectivity index (χ2n) is 7.39. The zero-order chi connectivity index (χ0) is 22.0. The van der Waals surface area contributed by atoms with Crippen LogP contribution >= 0.6 is 11.6 Å². The van der Waals surface area contributed by atoms with Gasteiger partial charge >= 0.3 is 0 Å². The minimum Gasteiger partial charge on any atom is -0.344 e. The topological polar surface area (TPSA) is 89.8 Å². The number of carbonyl (C=O) groups is 2. The fraction of sp³-hybridized carbons (Fsp3) is 0.174. The number of ketones is 1. The number of nitrogens with zero attached hydrogens (tertiary/aromatic N) is 4. The van der Waals surface area contributed by atoms with E-state index in [4.69, 9.17) is 11.6 Å². The number of anilines is 1. The van der Waals surface area contributed by atoms with Gasteiger partial charge in [-0.2, -0.15) is 0 Å². The van der Waals surface area contributed by atoms with E-state index >= 15 is 0 Å². The molecule has 0 aliphatic heterocycles. The molecule has 4 aromatic rings. The van der Waals surface area contributed by atoms with E-state index in [0.29, 0.717) is 22.0 Å². The van der Waals surface area contributed by atoms with Crippen molar-refractivity contribution in [2.45, 2.75) is 26.3 Å². The van der Waals surface area contributed by atoms with Crippen LogP contribution in [0.25, 0.3) is 10.9 Å². The lowest BCUT2D eigenvalue weighted by Gasteiger charge is -2.08. The van der Waals surface area contributed by atoms with Gasteiger partial charge in [-0.05, 0) is 44.2 Å². The van der Waals surface area contributed by atoms with Crippen LogP contribution in [-0.2, 0) is 11.2 Å². The summed E-state index contributed by atoms with van der Waals surface area (Å²) in [4.78, 5) is 38.1. The number of rotatable bonds is 6. The van der Waals surface area contributed by atoms with Crippen LogP contribution in [0.5, 0.6) is 0 Å². The fourth-order valence-corrected chi connectivity index (χ4v) is 3.47. The smallest absolute Gasteiger partial charge is 0.230 e. The first kappa shape index (κ1) is 20.7. The number of hydrogen-bond donors (Lipinski definition) is 1. The highest BCUT2D eigenvalue weighted by Gasteiger charge is 2.19. The highest BCUT2D eigenvalue weighted by atomic mass is 35.5. The van der Waals surface area contributed by atoms with E-state index in [1.165, 1.54) is 12.4 Å². The number of amides is 1. The number of halogens is 1. The molecule has 8 heteroatoms. The van der Waals surface area contributed by atoms with E-state index in [1.54, 1.807) is 36.7 Å². The first-order valence-corrected chi connectivity index (χ1v) is 10.2. The normalized spacial score (nSPS) is 11.1. The maximum absolute atomic E-state index is 13.2. The Labute approximate surface area is 184 Å². The van der Waals surface area contributed by atoms with Gasteiger partial charge < -0.3 is 9.88 Å². The molecule has 0 bridgehead atoms. The molecule has 4 heterocycles. The Balaban J connectivity index is 1.57. The highest BCUT2D eigenvalue weighted by molar-refractivity contribution is 6.30. The summed E-state index contributed by atoms with van der Waals surface area (Å²) >= 11 is 5.82. The molecule has 0 saturated heterocycles. The lowest BCUT2D eigenvalue weighted by Crippen LogP contribution is -2.16. The van der Waals surface area contributed by atoms with E-state index in [9.17, 15) is 9.59 Å². The lowest BCUT2D eigenvalue weighted by molar-refractivity contribution is -0.115. The molecule has 7 nitrogen and oxygen atoms in total. The van der Waals surface area contributed by atoms with Crippen molar-refractivity contribution in [3.63, 3.8) is 0 Å². The standard InChI is InChI=1S/C23H20ClN5O2/c1-14(2)29-13-19(18-12-25-7-6-21(18)29)23(31)20-9-17(5-8-26-20)28-22(30)10-16-4-3-15(24)11-27-16/h3-9,11-14H,10H2,1-2H3,(H,26,28,30). The summed E-state index contributed by atoms with van der Waals surface area (Å²) in [6.07, 6.45) is 8.32. The number of hydrogen-bond acceptors (Lipinski definition) is 5. The molecule has 1 N–H and O–H groups in total. The summed E-state index contributed by atoms with van der Waals surface area (Å²) in [5, 5.41) is 4.07. The van der Waals surface area contributed by atoms with Crippen LogP contribution in [0, 0.1) is 0 Å². The average Bonchev–Trinajstić information content (AvgIpc) is 3.15. The minimum atomic E-state index is -0.250. The predicted octanol–water partition coefficient (Wildman–Crippen LogP) is 4.47. The molecule has 4 rings (SSSR count). The predicted molar refractivity (Wildman–Crippen MR) is 119 cm³/mol. The van der Waals surface area contributed by atoms with Crippen molar-refractivity contribution in [2.75, 3.05) is 5.32 Å². The van der Waals surface area contributed by atoms with Crippen LogP contribution in [0.1, 0.15) is 41.6 Å². The van der Waals surface area contributed by atoms with Crippen LogP contribution in [0.15, 0.2) is 61.3 Å². The van der Waals surface area contributed by atoms with Crippen LogP contribution in [0.4, 0.5) is 5.69 Å². The molecule has 0 aliphatic carbocycles. The van der Waals surface area contributed by atoms with Crippen molar-refractivity contribution >= 4 is 39.9 Å². The Morgan fingerprint density at radius 2 is 1.94 bits per heavy atom. The molecule has 0 saturated carbocycles. The van der Waals surface area contributed by atoms with Crippen molar-refractivity contribution in [3.8, 4) is 0 Å². The molecule has 1 amide bonds.